The maximum Gasteiger partial charge on any atom is 0.239 e. The van der Waals surface area contributed by atoms with Crippen molar-refractivity contribution < 1.29 is 58.8 Å². The Hall–Kier alpha value is -4.14. The van der Waals surface area contributed by atoms with Gasteiger partial charge in [-0.2, -0.15) is 0 Å². The molecule has 0 unspecified atom stereocenters. The van der Waals surface area contributed by atoms with Crippen LogP contribution in [0, 0.1) is 0 Å². The molecule has 13 nitrogen and oxygen atoms in total. The molecule has 1 aliphatic heterocycles. The van der Waals surface area contributed by atoms with Crippen LogP contribution in [0.15, 0.2) is 37.9 Å². The number of hydrogen-bond acceptors (Lipinski definition) is 13. The highest BCUT2D eigenvalue weighted by Crippen LogP contribution is 2.44. The zero-order valence-corrected chi connectivity index (χ0v) is 25.2. The molecule has 5 atom stereocenters. The van der Waals surface area contributed by atoms with Gasteiger partial charge >= 0.3 is 0 Å². The molecule has 2 aromatic carbocycles. The third-order valence-corrected chi connectivity index (χ3v) is 8.30. The molecule has 248 valence electrons. The molecule has 13 heteroatoms. The lowest BCUT2D eigenvalue weighted by molar-refractivity contribution is -0.277. The first-order chi connectivity index (χ1) is 22.1. The normalized spacial score (nSPS) is 21.6. The number of aryl methyl sites for hydroxylation is 1. The summed E-state index contributed by atoms with van der Waals surface area (Å²) in [5.41, 5.74) is -1.15. The first-order valence-electron chi connectivity index (χ1n) is 15.3. The van der Waals surface area contributed by atoms with Crippen molar-refractivity contribution in [2.75, 3.05) is 6.61 Å². The van der Waals surface area contributed by atoms with Crippen molar-refractivity contribution in [1.82, 2.24) is 0 Å². The van der Waals surface area contributed by atoms with Crippen LogP contribution in [0.1, 0.15) is 68.0 Å². The number of aliphatic hydroxyl groups is 4. The van der Waals surface area contributed by atoms with E-state index >= 15 is 0 Å². The van der Waals surface area contributed by atoms with Gasteiger partial charge in [-0.25, -0.2) is 0 Å². The average Bonchev–Trinajstić information content (AvgIpc) is 3.41. The van der Waals surface area contributed by atoms with E-state index < -0.39 is 65.4 Å². The van der Waals surface area contributed by atoms with Crippen molar-refractivity contribution in [3.63, 3.8) is 0 Å². The summed E-state index contributed by atoms with van der Waals surface area (Å²) in [6.45, 7) is 1.38. The van der Waals surface area contributed by atoms with Crippen molar-refractivity contribution >= 4 is 28.2 Å². The number of ether oxygens (including phenoxy) is 2. The smallest absolute Gasteiger partial charge is 0.239 e. The molecule has 5 rings (SSSR count). The number of fused-ring (bicyclic) bond motifs is 2. The molecule has 0 aliphatic carbocycles. The molecule has 0 radical (unpaired) electrons. The third kappa shape index (κ3) is 6.29. The van der Waals surface area contributed by atoms with Crippen LogP contribution in [-0.2, 0) is 11.2 Å². The lowest BCUT2D eigenvalue weighted by atomic mass is 9.98. The molecular weight excluding hydrogens is 604 g/mol. The Kier molecular flexibility index (Phi) is 10.2. The molecule has 0 spiro atoms. The monoisotopic (exact) mass is 642 g/mol. The number of unbranched alkanes of at least 4 members (excludes halogenated alkanes) is 6. The highest BCUT2D eigenvalue weighted by molar-refractivity contribution is 6.08. The SMILES string of the molecule is CCCCCCCCCc1oc2c(O)ccc(-c3oc4cc(O)cc(O)c4c(=O)c3O[C@@H]3O[C@H](CO)[C@H](O)[C@@H](O)[C@@H]3O)c2c1C=O. The van der Waals surface area contributed by atoms with E-state index in [0.29, 0.717) is 18.5 Å². The molecule has 0 saturated carbocycles. The Morgan fingerprint density at radius 2 is 1.59 bits per heavy atom. The van der Waals surface area contributed by atoms with Gasteiger partial charge in [0.25, 0.3) is 0 Å². The van der Waals surface area contributed by atoms with Gasteiger partial charge in [-0.3, -0.25) is 9.59 Å². The number of phenols is 3. The molecule has 0 amide bonds. The van der Waals surface area contributed by atoms with E-state index in [9.17, 15) is 45.3 Å². The molecule has 2 aromatic heterocycles. The predicted molar refractivity (Wildman–Crippen MR) is 164 cm³/mol. The Morgan fingerprint density at radius 3 is 2.28 bits per heavy atom. The Balaban J connectivity index is 1.64. The van der Waals surface area contributed by atoms with E-state index in [-0.39, 0.29) is 39.2 Å². The fourth-order valence-corrected chi connectivity index (χ4v) is 5.84. The van der Waals surface area contributed by atoms with Gasteiger partial charge in [-0.05, 0) is 18.6 Å². The van der Waals surface area contributed by atoms with Crippen molar-refractivity contribution in [2.45, 2.75) is 89.0 Å². The summed E-state index contributed by atoms with van der Waals surface area (Å²) in [6.07, 6.45) is -0.438. The Morgan fingerprint density at radius 1 is 0.870 bits per heavy atom. The molecular formula is C33H38O13. The van der Waals surface area contributed by atoms with E-state index in [4.69, 9.17) is 18.3 Å². The molecule has 1 aliphatic rings. The van der Waals surface area contributed by atoms with Crippen molar-refractivity contribution in [2.24, 2.45) is 0 Å². The standard InChI is InChI=1S/C33H38O13/c1-2-3-4-5-6-7-8-9-21-18(14-34)24-17(10-11-19(37)31(24)43-21)30-32(27(40)25-20(38)12-16(36)13-22(25)44-30)46-33-29(42)28(41)26(39)23(15-35)45-33/h10-14,23,26,28-29,33,35-39,41-42H,2-9,15H2,1H3/t23-,26+,28-,29+,33+/m1/s1. The molecule has 0 bridgehead atoms. The number of rotatable bonds is 13. The average molecular weight is 643 g/mol. The minimum Gasteiger partial charge on any atom is -0.508 e. The second kappa shape index (κ2) is 14.1. The quantitative estimate of drug-likeness (QED) is 0.0819. The van der Waals surface area contributed by atoms with Gasteiger partial charge in [0.2, 0.25) is 17.5 Å². The van der Waals surface area contributed by atoms with Crippen LogP contribution in [0.2, 0.25) is 0 Å². The number of carbonyl (C=O) groups excluding carboxylic acids is 1. The van der Waals surface area contributed by atoms with Gasteiger partial charge in [0, 0.05) is 29.5 Å². The topological polar surface area (TPSA) is 220 Å². The van der Waals surface area contributed by atoms with E-state index in [1.807, 2.05) is 0 Å². The number of carbonyl (C=O) groups is 1. The van der Waals surface area contributed by atoms with Crippen LogP contribution >= 0.6 is 0 Å². The summed E-state index contributed by atoms with van der Waals surface area (Å²) >= 11 is 0. The summed E-state index contributed by atoms with van der Waals surface area (Å²) < 4.78 is 23.2. The zero-order chi connectivity index (χ0) is 33.1. The van der Waals surface area contributed by atoms with E-state index in [1.165, 1.54) is 18.6 Å². The van der Waals surface area contributed by atoms with E-state index in [2.05, 4.69) is 6.92 Å². The number of benzene rings is 2. The lowest BCUT2D eigenvalue weighted by Gasteiger charge is -2.39. The number of aliphatic hydroxyl groups excluding tert-OH is 4. The van der Waals surface area contributed by atoms with E-state index in [0.717, 1.165) is 50.7 Å². The van der Waals surface area contributed by atoms with Gasteiger partial charge in [0.05, 0.1) is 12.2 Å². The van der Waals surface area contributed by atoms with Crippen LogP contribution in [0.4, 0.5) is 0 Å². The molecule has 1 saturated heterocycles. The third-order valence-electron chi connectivity index (χ3n) is 8.30. The minimum atomic E-state index is -1.90. The summed E-state index contributed by atoms with van der Waals surface area (Å²) in [5, 5.41) is 71.9. The van der Waals surface area contributed by atoms with Gasteiger partial charge in [-0.15, -0.1) is 0 Å². The van der Waals surface area contributed by atoms with Crippen molar-refractivity contribution in [3.8, 4) is 34.3 Å². The summed E-state index contributed by atoms with van der Waals surface area (Å²) in [7, 11) is 0. The number of phenolic OH excluding ortho intramolecular Hbond substituents is 3. The van der Waals surface area contributed by atoms with Crippen molar-refractivity contribution in [3.05, 3.63) is 45.8 Å². The predicted octanol–water partition coefficient (Wildman–Crippen LogP) is 3.61. The van der Waals surface area contributed by atoms with Crippen molar-refractivity contribution in [1.29, 1.82) is 0 Å². The summed E-state index contributed by atoms with van der Waals surface area (Å²) in [5.74, 6) is -2.05. The maximum absolute atomic E-state index is 13.9. The van der Waals surface area contributed by atoms with Crippen LogP contribution in [0.25, 0.3) is 33.3 Å². The van der Waals surface area contributed by atoms with Gasteiger partial charge in [-0.1, -0.05) is 45.4 Å². The number of furan rings is 1. The minimum absolute atomic E-state index is 0.0471. The highest BCUT2D eigenvalue weighted by atomic mass is 16.7. The molecule has 4 aromatic rings. The Bertz CT molecular complexity index is 1750. The largest absolute Gasteiger partial charge is 0.508 e. The first-order valence-corrected chi connectivity index (χ1v) is 15.3. The zero-order valence-electron chi connectivity index (χ0n) is 25.2. The van der Waals surface area contributed by atoms with Crippen LogP contribution in [-0.4, -0.2) is 79.3 Å². The van der Waals surface area contributed by atoms with Gasteiger partial charge < -0.3 is 54.1 Å². The molecule has 3 heterocycles. The summed E-state index contributed by atoms with van der Waals surface area (Å²) in [4.78, 5) is 26.4. The second-order valence-corrected chi connectivity index (χ2v) is 11.5. The fourth-order valence-electron chi connectivity index (χ4n) is 5.84. The Labute approximate surface area is 262 Å². The number of aldehydes is 1. The second-order valence-electron chi connectivity index (χ2n) is 11.5. The molecule has 46 heavy (non-hydrogen) atoms. The fraction of sp³-hybridized carbons (Fsp3) is 0.455. The van der Waals surface area contributed by atoms with Crippen LogP contribution in [0.3, 0.4) is 0 Å². The number of aromatic hydroxyl groups is 3. The van der Waals surface area contributed by atoms with E-state index in [1.54, 1.807) is 0 Å². The van der Waals surface area contributed by atoms with Crippen LogP contribution < -0.4 is 10.2 Å². The summed E-state index contributed by atoms with van der Waals surface area (Å²) in [6, 6.07) is 4.60. The van der Waals surface area contributed by atoms with Gasteiger partial charge in [0.1, 0.15) is 52.6 Å². The first kappa shape index (κ1) is 33.2. The van der Waals surface area contributed by atoms with Gasteiger partial charge in [0.15, 0.2) is 23.4 Å². The molecule has 7 N–H and O–H groups in total. The number of hydrogen-bond donors (Lipinski definition) is 7. The highest BCUT2D eigenvalue weighted by Gasteiger charge is 2.45. The maximum atomic E-state index is 13.9. The molecule has 1 fully saturated rings. The lowest BCUT2D eigenvalue weighted by Crippen LogP contribution is -2.60. The van der Waals surface area contributed by atoms with Crippen LogP contribution in [0.5, 0.6) is 23.0 Å².